The van der Waals surface area contributed by atoms with Crippen LogP contribution in [-0.4, -0.2) is 12.5 Å². The predicted octanol–water partition coefficient (Wildman–Crippen LogP) is 2.17. The molecule has 1 rings (SSSR count). The summed E-state index contributed by atoms with van der Waals surface area (Å²) in [5.74, 6) is 0.0643. The number of anilines is 1. The maximum atomic E-state index is 7.37. The topological polar surface area (TPSA) is 53.1 Å². The molecule has 4 heteroatoms. The van der Waals surface area contributed by atoms with E-state index < -0.39 is 0 Å². The van der Waals surface area contributed by atoms with Crippen molar-refractivity contribution in [2.75, 3.05) is 11.4 Å². The molecule has 0 aromatic heterocycles. The van der Waals surface area contributed by atoms with Crippen LogP contribution in [0.1, 0.15) is 6.92 Å². The molecule has 3 nitrogen and oxygen atoms in total. The van der Waals surface area contributed by atoms with Crippen LogP contribution < -0.4 is 10.6 Å². The molecular weight excluding hydrogens is 230 g/mol. The quantitative estimate of drug-likeness (QED) is 0.616. The van der Waals surface area contributed by atoms with Gasteiger partial charge >= 0.3 is 0 Å². The second-order valence-electron chi connectivity index (χ2n) is 2.58. The summed E-state index contributed by atoms with van der Waals surface area (Å²) in [6, 6.07) is 7.71. The molecule has 0 fully saturated rings. The van der Waals surface area contributed by atoms with Crippen LogP contribution in [0.25, 0.3) is 0 Å². The lowest BCUT2D eigenvalue weighted by Gasteiger charge is -2.21. The molecule has 13 heavy (non-hydrogen) atoms. The Morgan fingerprint density at radius 1 is 1.54 bits per heavy atom. The van der Waals surface area contributed by atoms with Gasteiger partial charge in [-0.2, -0.15) is 0 Å². The van der Waals surface area contributed by atoms with Crippen LogP contribution in [0.4, 0.5) is 5.69 Å². The number of nitrogens with two attached hydrogens (primary N) is 1. The van der Waals surface area contributed by atoms with Crippen LogP contribution in [0.5, 0.6) is 0 Å². The summed E-state index contributed by atoms with van der Waals surface area (Å²) >= 11 is 3.41. The minimum absolute atomic E-state index is 0.0643. The number of benzene rings is 1. The summed E-state index contributed by atoms with van der Waals surface area (Å²) in [7, 11) is 0. The van der Waals surface area contributed by atoms with Crippen molar-refractivity contribution in [3.05, 3.63) is 28.7 Å². The molecule has 0 radical (unpaired) electrons. The minimum Gasteiger partial charge on any atom is -0.370 e. The molecular formula is C9H12BrN3. The van der Waals surface area contributed by atoms with Gasteiger partial charge in [0, 0.05) is 11.0 Å². The monoisotopic (exact) mass is 241 g/mol. The van der Waals surface area contributed by atoms with Crippen molar-refractivity contribution in [1.29, 1.82) is 5.41 Å². The van der Waals surface area contributed by atoms with Gasteiger partial charge in [0.1, 0.15) is 0 Å². The van der Waals surface area contributed by atoms with E-state index in [1.54, 1.807) is 4.90 Å². The highest BCUT2D eigenvalue weighted by molar-refractivity contribution is 9.10. The average molecular weight is 242 g/mol. The van der Waals surface area contributed by atoms with Crippen molar-refractivity contribution >= 4 is 27.6 Å². The Hall–Kier alpha value is -1.03. The first-order chi connectivity index (χ1) is 6.16. The molecule has 1 aromatic rings. The number of rotatable bonds is 2. The summed E-state index contributed by atoms with van der Waals surface area (Å²) < 4.78 is 0.951. The Balaban J connectivity index is 3.04. The van der Waals surface area contributed by atoms with Gasteiger partial charge in [0.2, 0.25) is 0 Å². The van der Waals surface area contributed by atoms with Gasteiger partial charge in [0.25, 0.3) is 0 Å². The van der Waals surface area contributed by atoms with Gasteiger partial charge in [-0.15, -0.1) is 0 Å². The van der Waals surface area contributed by atoms with Gasteiger partial charge in [-0.3, -0.25) is 5.41 Å². The molecule has 0 unspecified atom stereocenters. The van der Waals surface area contributed by atoms with Crippen molar-refractivity contribution in [3.63, 3.8) is 0 Å². The summed E-state index contributed by atoms with van der Waals surface area (Å²) in [4.78, 5) is 1.73. The van der Waals surface area contributed by atoms with Gasteiger partial charge in [-0.25, -0.2) is 0 Å². The Labute approximate surface area is 86.2 Å². The van der Waals surface area contributed by atoms with E-state index in [4.69, 9.17) is 11.1 Å². The van der Waals surface area contributed by atoms with Crippen molar-refractivity contribution in [2.24, 2.45) is 5.73 Å². The first-order valence-electron chi connectivity index (χ1n) is 4.03. The molecule has 0 aliphatic heterocycles. The lowest BCUT2D eigenvalue weighted by Crippen LogP contribution is -2.36. The molecule has 0 saturated carbocycles. The highest BCUT2D eigenvalue weighted by Gasteiger charge is 2.09. The molecule has 0 heterocycles. The molecule has 0 spiro atoms. The van der Waals surface area contributed by atoms with Crippen LogP contribution >= 0.6 is 15.9 Å². The second-order valence-corrected chi connectivity index (χ2v) is 3.44. The van der Waals surface area contributed by atoms with Gasteiger partial charge in [0.15, 0.2) is 5.96 Å². The molecule has 0 atom stereocenters. The van der Waals surface area contributed by atoms with E-state index in [1.165, 1.54) is 0 Å². The highest BCUT2D eigenvalue weighted by Crippen LogP contribution is 2.24. The number of nitrogens with one attached hydrogen (secondary N) is 1. The average Bonchev–Trinajstić information content (AvgIpc) is 2.09. The van der Waals surface area contributed by atoms with Crippen LogP contribution in [0.3, 0.4) is 0 Å². The third-order valence-corrected chi connectivity index (χ3v) is 2.42. The van der Waals surface area contributed by atoms with Crippen molar-refractivity contribution in [3.8, 4) is 0 Å². The zero-order valence-electron chi connectivity index (χ0n) is 7.42. The molecule has 3 N–H and O–H groups in total. The van der Waals surface area contributed by atoms with Gasteiger partial charge < -0.3 is 10.6 Å². The minimum atomic E-state index is 0.0643. The van der Waals surface area contributed by atoms with Crippen LogP contribution in [0.2, 0.25) is 0 Å². The number of para-hydroxylation sites is 1. The Kier molecular flexibility index (Phi) is 3.31. The molecule has 0 amide bonds. The van der Waals surface area contributed by atoms with Gasteiger partial charge in [-0.1, -0.05) is 12.1 Å². The normalized spacial score (nSPS) is 9.69. The summed E-state index contributed by atoms with van der Waals surface area (Å²) in [6.07, 6.45) is 0. The lowest BCUT2D eigenvalue weighted by molar-refractivity contribution is 1.03. The Morgan fingerprint density at radius 3 is 2.62 bits per heavy atom. The van der Waals surface area contributed by atoms with Crippen molar-refractivity contribution < 1.29 is 0 Å². The number of guanidine groups is 1. The molecule has 1 aromatic carbocycles. The molecule has 0 saturated heterocycles. The third-order valence-electron chi connectivity index (χ3n) is 1.75. The summed E-state index contributed by atoms with van der Waals surface area (Å²) in [5.41, 5.74) is 6.36. The van der Waals surface area contributed by atoms with Crippen LogP contribution in [0.15, 0.2) is 28.7 Å². The molecule has 70 valence electrons. The van der Waals surface area contributed by atoms with Gasteiger partial charge in [-0.05, 0) is 35.0 Å². The van der Waals surface area contributed by atoms with Crippen LogP contribution in [0, 0.1) is 5.41 Å². The SMILES string of the molecule is CCN(C(=N)N)c1ccccc1Br. The van der Waals surface area contributed by atoms with E-state index in [0.717, 1.165) is 10.2 Å². The molecule has 0 aliphatic rings. The molecule has 0 bridgehead atoms. The predicted molar refractivity (Wildman–Crippen MR) is 59.1 cm³/mol. The largest absolute Gasteiger partial charge is 0.370 e. The van der Waals surface area contributed by atoms with E-state index in [-0.39, 0.29) is 5.96 Å². The van der Waals surface area contributed by atoms with Crippen molar-refractivity contribution in [2.45, 2.75) is 6.92 Å². The third kappa shape index (κ3) is 2.21. The van der Waals surface area contributed by atoms with E-state index in [2.05, 4.69) is 15.9 Å². The van der Waals surface area contributed by atoms with E-state index >= 15 is 0 Å². The number of hydrogen-bond acceptors (Lipinski definition) is 1. The van der Waals surface area contributed by atoms with E-state index in [1.807, 2.05) is 31.2 Å². The van der Waals surface area contributed by atoms with E-state index in [9.17, 15) is 0 Å². The maximum absolute atomic E-state index is 7.37. The first kappa shape index (κ1) is 10.1. The lowest BCUT2D eigenvalue weighted by atomic mass is 10.3. The maximum Gasteiger partial charge on any atom is 0.192 e. The fourth-order valence-corrected chi connectivity index (χ4v) is 1.64. The number of nitrogens with zero attached hydrogens (tertiary/aromatic N) is 1. The fraction of sp³-hybridized carbons (Fsp3) is 0.222. The molecule has 0 aliphatic carbocycles. The second kappa shape index (κ2) is 4.28. The Morgan fingerprint density at radius 2 is 2.15 bits per heavy atom. The van der Waals surface area contributed by atoms with E-state index in [0.29, 0.717) is 6.54 Å². The highest BCUT2D eigenvalue weighted by atomic mass is 79.9. The summed E-state index contributed by atoms with van der Waals surface area (Å²) in [5, 5.41) is 7.37. The van der Waals surface area contributed by atoms with Crippen LogP contribution in [-0.2, 0) is 0 Å². The summed E-state index contributed by atoms with van der Waals surface area (Å²) in [6.45, 7) is 2.65. The first-order valence-corrected chi connectivity index (χ1v) is 4.82. The standard InChI is InChI=1S/C9H12BrN3/c1-2-13(9(11)12)8-6-4-3-5-7(8)10/h3-6H,2H2,1H3,(H3,11,12). The van der Waals surface area contributed by atoms with Gasteiger partial charge in [0.05, 0.1) is 5.69 Å². The zero-order chi connectivity index (χ0) is 9.84. The van der Waals surface area contributed by atoms with Crippen molar-refractivity contribution in [1.82, 2.24) is 0 Å². The fourth-order valence-electron chi connectivity index (χ4n) is 1.14. The number of hydrogen-bond donors (Lipinski definition) is 2. The number of halogens is 1. The Bertz CT molecular complexity index is 311. The zero-order valence-corrected chi connectivity index (χ0v) is 9.01. The smallest absolute Gasteiger partial charge is 0.192 e.